The first-order valence-corrected chi connectivity index (χ1v) is 9.34. The largest absolute Gasteiger partial charge is 0.497 e. The summed E-state index contributed by atoms with van der Waals surface area (Å²) >= 11 is 0. The molecule has 2 heterocycles. The van der Waals surface area contributed by atoms with Gasteiger partial charge in [0.1, 0.15) is 5.75 Å². The van der Waals surface area contributed by atoms with Crippen molar-refractivity contribution in [2.45, 2.75) is 44.6 Å². The van der Waals surface area contributed by atoms with Crippen LogP contribution in [0.1, 0.15) is 47.7 Å². The fourth-order valence-corrected chi connectivity index (χ4v) is 4.04. The number of hydrogen-bond donors (Lipinski definition) is 2. The van der Waals surface area contributed by atoms with Gasteiger partial charge in [-0.25, -0.2) is 0 Å². The zero-order valence-corrected chi connectivity index (χ0v) is 15.7. The van der Waals surface area contributed by atoms with Crippen molar-refractivity contribution in [1.29, 1.82) is 0 Å². The zero-order chi connectivity index (χ0) is 19.0. The number of rotatable bonds is 4. The van der Waals surface area contributed by atoms with Gasteiger partial charge in [0.15, 0.2) is 0 Å². The molecule has 0 saturated heterocycles. The van der Waals surface area contributed by atoms with Crippen LogP contribution in [0.25, 0.3) is 0 Å². The van der Waals surface area contributed by atoms with Gasteiger partial charge in [-0.15, -0.1) is 0 Å². The standard InChI is InChI=1S/C20H24N4O3/c1-24(11-18-13-5-3-4-6-17(13)22-23-18)20(26)15-10-19(25)21-16-8-7-12(27-2)9-14(15)16/h7-9,15H,3-6,10-11H2,1-2H3,(H,21,25)(H,22,23). The number of hydrogen-bond acceptors (Lipinski definition) is 4. The highest BCUT2D eigenvalue weighted by atomic mass is 16.5. The van der Waals surface area contributed by atoms with Gasteiger partial charge in [0, 0.05) is 24.8 Å². The number of amides is 2. The summed E-state index contributed by atoms with van der Waals surface area (Å²) in [5.41, 5.74) is 4.87. The number of H-pyrrole nitrogens is 1. The molecule has 0 spiro atoms. The number of carbonyl (C=O) groups is 2. The van der Waals surface area contributed by atoms with Crippen LogP contribution in [0.4, 0.5) is 5.69 Å². The number of likely N-dealkylation sites (N-methyl/N-ethyl adjacent to an activating group) is 1. The molecule has 7 heteroatoms. The molecule has 1 aliphatic carbocycles. The number of benzene rings is 1. The van der Waals surface area contributed by atoms with E-state index in [0.29, 0.717) is 18.0 Å². The number of aromatic amines is 1. The SMILES string of the molecule is COc1ccc2c(c1)C(C(=O)N(C)Cc1n[nH]c3c1CCCC3)CC(=O)N2. The van der Waals surface area contributed by atoms with E-state index in [2.05, 4.69) is 15.5 Å². The minimum atomic E-state index is -0.511. The molecule has 0 fully saturated rings. The van der Waals surface area contributed by atoms with Crippen LogP contribution in [0.5, 0.6) is 5.75 Å². The topological polar surface area (TPSA) is 87.3 Å². The fraction of sp³-hybridized carbons (Fsp3) is 0.450. The van der Waals surface area contributed by atoms with E-state index >= 15 is 0 Å². The highest BCUT2D eigenvalue weighted by Gasteiger charge is 2.33. The second-order valence-corrected chi connectivity index (χ2v) is 7.29. The molecule has 2 aromatic rings. The maximum absolute atomic E-state index is 13.2. The Morgan fingerprint density at radius 2 is 2.15 bits per heavy atom. The van der Waals surface area contributed by atoms with Crippen LogP contribution in [-0.2, 0) is 29.0 Å². The van der Waals surface area contributed by atoms with Crippen LogP contribution in [0.3, 0.4) is 0 Å². The van der Waals surface area contributed by atoms with Crippen molar-refractivity contribution in [3.63, 3.8) is 0 Å². The summed E-state index contributed by atoms with van der Waals surface area (Å²) < 4.78 is 5.29. The van der Waals surface area contributed by atoms with E-state index < -0.39 is 5.92 Å². The maximum atomic E-state index is 13.2. The maximum Gasteiger partial charge on any atom is 0.230 e. The van der Waals surface area contributed by atoms with Gasteiger partial charge in [-0.2, -0.15) is 5.10 Å². The third-order valence-electron chi connectivity index (χ3n) is 5.50. The van der Waals surface area contributed by atoms with Crippen molar-refractivity contribution < 1.29 is 14.3 Å². The number of methoxy groups -OCH3 is 1. The second-order valence-electron chi connectivity index (χ2n) is 7.29. The Balaban J connectivity index is 1.57. The quantitative estimate of drug-likeness (QED) is 0.867. The summed E-state index contributed by atoms with van der Waals surface area (Å²) in [5, 5.41) is 10.4. The molecule has 27 heavy (non-hydrogen) atoms. The Morgan fingerprint density at radius 3 is 2.96 bits per heavy atom. The first kappa shape index (κ1) is 17.6. The summed E-state index contributed by atoms with van der Waals surface area (Å²) in [7, 11) is 3.37. The molecule has 2 aliphatic rings. The predicted octanol–water partition coefficient (Wildman–Crippen LogP) is 2.38. The number of ether oxygens (including phenoxy) is 1. The van der Waals surface area contributed by atoms with Gasteiger partial charge in [-0.05, 0) is 55.0 Å². The zero-order valence-electron chi connectivity index (χ0n) is 15.7. The summed E-state index contributed by atoms with van der Waals surface area (Å²) in [6.07, 6.45) is 4.51. The van der Waals surface area contributed by atoms with E-state index in [9.17, 15) is 9.59 Å². The molecule has 1 unspecified atom stereocenters. The molecule has 1 aromatic heterocycles. The number of aromatic nitrogens is 2. The lowest BCUT2D eigenvalue weighted by Crippen LogP contribution is -2.36. The number of nitrogens with zero attached hydrogens (tertiary/aromatic N) is 2. The molecule has 0 saturated carbocycles. The predicted molar refractivity (Wildman–Crippen MR) is 101 cm³/mol. The number of carbonyl (C=O) groups excluding carboxylic acids is 2. The molecule has 7 nitrogen and oxygen atoms in total. The molecule has 2 N–H and O–H groups in total. The minimum absolute atomic E-state index is 0.0769. The van der Waals surface area contributed by atoms with Gasteiger partial charge >= 0.3 is 0 Å². The average molecular weight is 368 g/mol. The highest BCUT2D eigenvalue weighted by molar-refractivity contribution is 6.01. The van der Waals surface area contributed by atoms with Crippen molar-refractivity contribution >= 4 is 17.5 Å². The van der Waals surface area contributed by atoms with Gasteiger partial charge in [0.25, 0.3) is 0 Å². The first-order chi connectivity index (χ1) is 13.1. The summed E-state index contributed by atoms with van der Waals surface area (Å²) in [5.74, 6) is -0.0566. The molecule has 1 aromatic carbocycles. The van der Waals surface area contributed by atoms with Crippen LogP contribution < -0.4 is 10.1 Å². The highest BCUT2D eigenvalue weighted by Crippen LogP contribution is 2.36. The summed E-state index contributed by atoms with van der Waals surface area (Å²) in [6.45, 7) is 0.447. The van der Waals surface area contributed by atoms with E-state index in [-0.39, 0.29) is 18.2 Å². The molecular formula is C20H24N4O3. The van der Waals surface area contributed by atoms with Gasteiger partial charge in [0.2, 0.25) is 11.8 Å². The van der Waals surface area contributed by atoms with E-state index in [4.69, 9.17) is 4.74 Å². The Kier molecular flexibility index (Phi) is 4.59. The monoisotopic (exact) mass is 368 g/mol. The lowest BCUT2D eigenvalue weighted by Gasteiger charge is -2.29. The van der Waals surface area contributed by atoms with Crippen LogP contribution in [-0.4, -0.2) is 41.1 Å². The molecule has 1 atom stereocenters. The number of aryl methyl sites for hydroxylation is 1. The van der Waals surface area contributed by atoms with Crippen LogP contribution in [0.2, 0.25) is 0 Å². The fourth-order valence-electron chi connectivity index (χ4n) is 4.04. The molecular weight excluding hydrogens is 344 g/mol. The van der Waals surface area contributed by atoms with Gasteiger partial charge in [-0.3, -0.25) is 14.7 Å². The third-order valence-corrected chi connectivity index (χ3v) is 5.50. The molecule has 2 amide bonds. The lowest BCUT2D eigenvalue weighted by molar-refractivity contribution is -0.134. The Bertz CT molecular complexity index is 889. The Morgan fingerprint density at radius 1 is 1.33 bits per heavy atom. The van der Waals surface area contributed by atoms with Crippen molar-refractivity contribution in [3.8, 4) is 5.75 Å². The number of anilines is 1. The second kappa shape index (κ2) is 7.06. The van der Waals surface area contributed by atoms with E-state index in [1.807, 2.05) is 6.07 Å². The average Bonchev–Trinajstić information content (AvgIpc) is 3.09. The lowest BCUT2D eigenvalue weighted by atomic mass is 9.89. The van der Waals surface area contributed by atoms with Crippen molar-refractivity contribution in [1.82, 2.24) is 15.1 Å². The van der Waals surface area contributed by atoms with E-state index in [0.717, 1.165) is 30.5 Å². The van der Waals surface area contributed by atoms with E-state index in [1.54, 1.807) is 31.2 Å². The van der Waals surface area contributed by atoms with Crippen LogP contribution in [0.15, 0.2) is 18.2 Å². The van der Waals surface area contributed by atoms with Crippen molar-refractivity contribution in [2.24, 2.45) is 0 Å². The van der Waals surface area contributed by atoms with E-state index in [1.165, 1.54) is 17.7 Å². The van der Waals surface area contributed by atoms with Gasteiger partial charge < -0.3 is 15.0 Å². The Hall–Kier alpha value is -2.83. The molecule has 142 valence electrons. The normalized spacial score (nSPS) is 18.3. The van der Waals surface area contributed by atoms with Gasteiger partial charge in [-0.1, -0.05) is 0 Å². The number of nitrogens with one attached hydrogen (secondary N) is 2. The van der Waals surface area contributed by atoms with Crippen LogP contribution in [0, 0.1) is 0 Å². The van der Waals surface area contributed by atoms with Crippen LogP contribution >= 0.6 is 0 Å². The molecule has 4 rings (SSSR count). The molecule has 0 bridgehead atoms. The minimum Gasteiger partial charge on any atom is -0.497 e. The van der Waals surface area contributed by atoms with Gasteiger partial charge in [0.05, 0.1) is 25.3 Å². The van der Waals surface area contributed by atoms with Crippen molar-refractivity contribution in [3.05, 3.63) is 40.7 Å². The summed E-state index contributed by atoms with van der Waals surface area (Å²) in [4.78, 5) is 26.9. The third kappa shape index (κ3) is 3.29. The summed E-state index contributed by atoms with van der Waals surface area (Å²) in [6, 6.07) is 5.41. The molecule has 0 radical (unpaired) electrons. The first-order valence-electron chi connectivity index (χ1n) is 9.34. The smallest absolute Gasteiger partial charge is 0.230 e. The van der Waals surface area contributed by atoms with Crippen molar-refractivity contribution in [2.75, 3.05) is 19.5 Å². The molecule has 1 aliphatic heterocycles. The Labute approximate surface area is 158 Å². The number of fused-ring (bicyclic) bond motifs is 2.